The minimum Gasteiger partial charge on any atom is -0.466 e. The Morgan fingerprint density at radius 3 is 3.06 bits per heavy atom. The van der Waals surface area contributed by atoms with E-state index in [9.17, 15) is 4.79 Å². The van der Waals surface area contributed by atoms with Gasteiger partial charge in [0, 0.05) is 5.38 Å². The van der Waals surface area contributed by atoms with Gasteiger partial charge >= 0.3 is 5.97 Å². The third kappa shape index (κ3) is 3.16. The second kappa shape index (κ2) is 5.78. The second-order valence-corrected chi connectivity index (χ2v) is 5.60. The summed E-state index contributed by atoms with van der Waals surface area (Å²) in [4.78, 5) is 16.0. The maximum atomic E-state index is 11.6. The first-order valence-electron chi connectivity index (χ1n) is 5.67. The number of thiazole rings is 1. The molecule has 0 saturated carbocycles. The normalized spacial score (nSPS) is 19.9. The van der Waals surface area contributed by atoms with Crippen molar-refractivity contribution >= 4 is 38.8 Å². The van der Waals surface area contributed by atoms with Crippen LogP contribution >= 0.6 is 27.3 Å². The van der Waals surface area contributed by atoms with Gasteiger partial charge in [-0.05, 0) is 47.7 Å². The predicted molar refractivity (Wildman–Crippen MR) is 71.8 cm³/mol. The van der Waals surface area contributed by atoms with Crippen LogP contribution in [0.3, 0.4) is 0 Å². The maximum Gasteiger partial charge on any atom is 0.309 e. The minimum absolute atomic E-state index is 0.0297. The molecule has 5 heteroatoms. The monoisotopic (exact) mass is 315 g/mol. The highest BCUT2D eigenvalue weighted by Gasteiger charge is 2.23. The first kappa shape index (κ1) is 12.8. The van der Waals surface area contributed by atoms with Crippen LogP contribution in [0.2, 0.25) is 0 Å². The van der Waals surface area contributed by atoms with E-state index in [1.807, 2.05) is 12.3 Å². The molecule has 0 saturated heterocycles. The van der Waals surface area contributed by atoms with E-state index >= 15 is 0 Å². The zero-order chi connectivity index (χ0) is 12.3. The fourth-order valence-electron chi connectivity index (χ4n) is 1.90. The van der Waals surface area contributed by atoms with E-state index in [-0.39, 0.29) is 11.9 Å². The van der Waals surface area contributed by atoms with Crippen molar-refractivity contribution in [2.45, 2.75) is 26.2 Å². The van der Waals surface area contributed by atoms with Gasteiger partial charge in [-0.25, -0.2) is 4.98 Å². The number of esters is 1. The fourth-order valence-corrected chi connectivity index (χ4v) is 3.23. The van der Waals surface area contributed by atoms with E-state index in [1.54, 1.807) is 11.3 Å². The van der Waals surface area contributed by atoms with Crippen LogP contribution in [0, 0.1) is 5.92 Å². The van der Waals surface area contributed by atoms with Crippen molar-refractivity contribution < 1.29 is 9.53 Å². The molecule has 0 amide bonds. The predicted octanol–water partition coefficient (Wildman–Crippen LogP) is 3.65. The van der Waals surface area contributed by atoms with E-state index in [2.05, 4.69) is 27.0 Å². The Bertz CT molecular complexity index is 441. The number of nitrogens with zero attached hydrogens (tertiary/aromatic N) is 1. The third-order valence-corrected chi connectivity index (χ3v) is 4.41. The zero-order valence-corrected chi connectivity index (χ0v) is 12.0. The summed E-state index contributed by atoms with van der Waals surface area (Å²) < 4.78 is 5.92. The minimum atomic E-state index is -0.0666. The molecule has 3 nitrogen and oxygen atoms in total. The van der Waals surface area contributed by atoms with E-state index in [0.29, 0.717) is 6.61 Å². The van der Waals surface area contributed by atoms with Crippen LogP contribution < -0.4 is 0 Å². The summed E-state index contributed by atoms with van der Waals surface area (Å²) in [5, 5.41) is 3.03. The summed E-state index contributed by atoms with van der Waals surface area (Å²) in [6.45, 7) is 2.31. The molecule has 1 aliphatic carbocycles. The molecule has 17 heavy (non-hydrogen) atoms. The number of hydrogen-bond donors (Lipinski definition) is 0. The lowest BCUT2D eigenvalue weighted by Gasteiger charge is -2.19. The largest absolute Gasteiger partial charge is 0.466 e. The average Bonchev–Trinajstić information content (AvgIpc) is 2.76. The van der Waals surface area contributed by atoms with E-state index < -0.39 is 0 Å². The van der Waals surface area contributed by atoms with Gasteiger partial charge in [0.1, 0.15) is 9.61 Å². The summed E-state index contributed by atoms with van der Waals surface area (Å²) in [7, 11) is 0. The van der Waals surface area contributed by atoms with Crippen molar-refractivity contribution in [2.24, 2.45) is 5.92 Å². The van der Waals surface area contributed by atoms with Crippen molar-refractivity contribution in [3.8, 4) is 0 Å². The molecule has 0 aromatic carbocycles. The van der Waals surface area contributed by atoms with E-state index in [1.165, 1.54) is 5.57 Å². The van der Waals surface area contributed by atoms with Crippen LogP contribution in [0.15, 0.2) is 16.1 Å². The number of carbonyl (C=O) groups is 1. The van der Waals surface area contributed by atoms with Gasteiger partial charge in [-0.15, -0.1) is 11.3 Å². The van der Waals surface area contributed by atoms with Crippen molar-refractivity contribution in [1.29, 1.82) is 0 Å². The molecular formula is C12H14BrNO2S. The Labute approximate surface area is 113 Å². The highest BCUT2D eigenvalue weighted by atomic mass is 79.9. The number of halogens is 1. The molecule has 1 heterocycles. The first-order chi connectivity index (χ1) is 8.20. The number of aromatic nitrogens is 1. The second-order valence-electron chi connectivity index (χ2n) is 3.93. The molecule has 92 valence electrons. The molecule has 0 fully saturated rings. The lowest BCUT2D eigenvalue weighted by atomic mass is 9.90. The van der Waals surface area contributed by atoms with Gasteiger partial charge in [-0.3, -0.25) is 4.79 Å². The van der Waals surface area contributed by atoms with E-state index in [0.717, 1.165) is 28.9 Å². The summed E-state index contributed by atoms with van der Waals surface area (Å²) in [6, 6.07) is 0. The van der Waals surface area contributed by atoms with E-state index in [4.69, 9.17) is 4.74 Å². The van der Waals surface area contributed by atoms with Crippen LogP contribution in [0.25, 0.3) is 5.57 Å². The Kier molecular flexibility index (Phi) is 4.34. The van der Waals surface area contributed by atoms with Crippen molar-refractivity contribution in [2.75, 3.05) is 6.61 Å². The molecule has 1 aromatic heterocycles. The first-order valence-corrected chi connectivity index (χ1v) is 7.35. The summed E-state index contributed by atoms with van der Waals surface area (Å²) in [5.41, 5.74) is 1.25. The van der Waals surface area contributed by atoms with Crippen LogP contribution in [-0.2, 0) is 9.53 Å². The average molecular weight is 316 g/mol. The Balaban J connectivity index is 2.00. The van der Waals surface area contributed by atoms with Crippen LogP contribution in [0.1, 0.15) is 31.2 Å². The molecule has 0 bridgehead atoms. The Hall–Kier alpha value is -0.680. The molecule has 1 unspecified atom stereocenters. The van der Waals surface area contributed by atoms with Crippen molar-refractivity contribution in [3.63, 3.8) is 0 Å². The number of hydrogen-bond acceptors (Lipinski definition) is 4. The van der Waals surface area contributed by atoms with Gasteiger partial charge in [0.25, 0.3) is 0 Å². The molecule has 0 N–H and O–H groups in total. The number of allylic oxidation sites excluding steroid dienone is 2. The molecule has 2 rings (SSSR count). The van der Waals surface area contributed by atoms with Gasteiger partial charge in [-0.1, -0.05) is 6.08 Å². The van der Waals surface area contributed by atoms with Crippen molar-refractivity contribution in [1.82, 2.24) is 4.98 Å². The summed E-state index contributed by atoms with van der Waals surface area (Å²) >= 11 is 4.99. The maximum absolute atomic E-state index is 11.6. The SMILES string of the molecule is CCOC(=O)C1CC=C(c2nc(Br)cs2)CC1. The Morgan fingerprint density at radius 2 is 2.53 bits per heavy atom. The zero-order valence-electron chi connectivity index (χ0n) is 9.61. The smallest absolute Gasteiger partial charge is 0.309 e. The standard InChI is InChI=1S/C12H14BrNO2S/c1-2-16-12(15)9-5-3-8(4-6-9)11-14-10(13)7-17-11/h3,7,9H,2,4-6H2,1H3. The highest BCUT2D eigenvalue weighted by molar-refractivity contribution is 9.10. The lowest BCUT2D eigenvalue weighted by molar-refractivity contribution is -0.148. The third-order valence-electron chi connectivity index (χ3n) is 2.78. The van der Waals surface area contributed by atoms with Crippen LogP contribution in [0.5, 0.6) is 0 Å². The van der Waals surface area contributed by atoms with Gasteiger partial charge < -0.3 is 4.74 Å². The lowest BCUT2D eigenvalue weighted by Crippen LogP contribution is -2.19. The van der Waals surface area contributed by atoms with Crippen molar-refractivity contribution in [3.05, 3.63) is 21.1 Å². The summed E-state index contributed by atoms with van der Waals surface area (Å²) in [6.07, 6.45) is 4.66. The number of carbonyl (C=O) groups excluding carboxylic acids is 1. The molecule has 0 spiro atoms. The topological polar surface area (TPSA) is 39.2 Å². The fraction of sp³-hybridized carbons (Fsp3) is 0.500. The van der Waals surface area contributed by atoms with Crippen LogP contribution in [0.4, 0.5) is 0 Å². The molecule has 1 aromatic rings. The number of ether oxygens (including phenoxy) is 1. The molecule has 1 aliphatic rings. The molecule has 1 atom stereocenters. The van der Waals surface area contributed by atoms with Gasteiger partial charge in [-0.2, -0.15) is 0 Å². The van der Waals surface area contributed by atoms with Gasteiger partial charge in [0.05, 0.1) is 12.5 Å². The quantitative estimate of drug-likeness (QED) is 0.799. The Morgan fingerprint density at radius 1 is 1.71 bits per heavy atom. The van der Waals surface area contributed by atoms with Gasteiger partial charge in [0.15, 0.2) is 0 Å². The number of rotatable bonds is 3. The summed E-state index contributed by atoms with van der Waals surface area (Å²) in [5.74, 6) is -0.0368. The molecular weight excluding hydrogens is 302 g/mol. The van der Waals surface area contributed by atoms with Gasteiger partial charge in [0.2, 0.25) is 0 Å². The highest BCUT2D eigenvalue weighted by Crippen LogP contribution is 2.33. The van der Waals surface area contributed by atoms with Crippen LogP contribution in [-0.4, -0.2) is 17.6 Å². The molecule has 0 radical (unpaired) electrons. The molecule has 0 aliphatic heterocycles.